The van der Waals surface area contributed by atoms with Gasteiger partial charge in [0.25, 0.3) is 0 Å². The Hall–Kier alpha value is -1.26. The minimum atomic E-state index is -4.04. The first-order valence-corrected chi connectivity index (χ1v) is 6.02. The third-order valence-corrected chi connectivity index (χ3v) is 2.10. The fraction of sp³-hybridized carbons (Fsp3) is 0.615. The molecule has 0 aromatic rings. The monoisotopic (exact) mass is 264 g/mol. The van der Waals surface area contributed by atoms with Crippen molar-refractivity contribution in [3.05, 3.63) is 24.3 Å². The van der Waals surface area contributed by atoms with Gasteiger partial charge in [-0.25, -0.2) is 4.79 Å². The van der Waals surface area contributed by atoms with Crippen LogP contribution in [0.15, 0.2) is 24.3 Å². The van der Waals surface area contributed by atoms with Gasteiger partial charge in [-0.15, -0.1) is 0 Å². The zero-order valence-electron chi connectivity index (χ0n) is 10.5. The molecule has 0 atom stereocenters. The predicted octanol–water partition coefficient (Wildman–Crippen LogP) is 4.17. The number of unbranched alkanes of at least 4 members (excludes halogenated alkanes) is 3. The fourth-order valence-electron chi connectivity index (χ4n) is 1.26. The molecule has 2 nitrogen and oxygen atoms in total. The summed E-state index contributed by atoms with van der Waals surface area (Å²) in [5.41, 5.74) is 0. The second-order valence-electron chi connectivity index (χ2n) is 3.75. The zero-order chi connectivity index (χ0) is 13.9. The summed E-state index contributed by atoms with van der Waals surface area (Å²) >= 11 is 0. The number of carbonyl (C=O) groups excluding carboxylic acids is 1. The summed E-state index contributed by atoms with van der Waals surface area (Å²) in [6, 6.07) is 0. The summed E-state index contributed by atoms with van der Waals surface area (Å²) in [6.45, 7) is 2.06. The highest BCUT2D eigenvalue weighted by Gasteiger charge is 2.25. The van der Waals surface area contributed by atoms with Gasteiger partial charge in [-0.05, 0) is 26.2 Å². The average Bonchev–Trinajstić information content (AvgIpc) is 2.25. The molecule has 0 aliphatic carbocycles. The maximum Gasteiger partial charge on any atom is 0.389 e. The van der Waals surface area contributed by atoms with Gasteiger partial charge in [0.2, 0.25) is 0 Å². The maximum atomic E-state index is 11.8. The van der Waals surface area contributed by atoms with Crippen LogP contribution in [-0.4, -0.2) is 18.8 Å². The molecule has 0 aromatic heterocycles. The van der Waals surface area contributed by atoms with E-state index in [1.54, 1.807) is 19.1 Å². The molecular weight excluding hydrogens is 245 g/mol. The molecule has 0 heterocycles. The molecule has 0 unspecified atom stereocenters. The number of carbonyl (C=O) groups is 1. The minimum absolute atomic E-state index is 0.177. The first-order valence-electron chi connectivity index (χ1n) is 6.02. The number of rotatable bonds is 8. The number of hydrogen-bond acceptors (Lipinski definition) is 2. The van der Waals surface area contributed by atoms with Crippen LogP contribution >= 0.6 is 0 Å². The van der Waals surface area contributed by atoms with Gasteiger partial charge in [0.05, 0.1) is 6.61 Å². The van der Waals surface area contributed by atoms with E-state index in [4.69, 9.17) is 0 Å². The van der Waals surface area contributed by atoms with E-state index < -0.39 is 18.6 Å². The van der Waals surface area contributed by atoms with Gasteiger partial charge in [-0.3, -0.25) is 0 Å². The summed E-state index contributed by atoms with van der Waals surface area (Å²) in [6.07, 6.45) is 3.81. The normalized spacial score (nSPS) is 12.4. The average molecular weight is 264 g/mol. The first kappa shape index (κ1) is 16.7. The molecule has 104 valence electrons. The van der Waals surface area contributed by atoms with Crippen molar-refractivity contribution in [1.82, 2.24) is 0 Å². The van der Waals surface area contributed by atoms with Crippen molar-refractivity contribution >= 4 is 5.97 Å². The van der Waals surface area contributed by atoms with E-state index in [0.717, 1.165) is 6.42 Å². The molecule has 0 saturated carbocycles. The molecule has 0 aliphatic heterocycles. The van der Waals surface area contributed by atoms with Crippen molar-refractivity contribution in [2.75, 3.05) is 6.61 Å². The highest BCUT2D eigenvalue weighted by molar-refractivity contribution is 5.82. The van der Waals surface area contributed by atoms with E-state index in [0.29, 0.717) is 19.4 Å². The number of alkyl halides is 3. The summed E-state index contributed by atoms with van der Waals surface area (Å²) < 4.78 is 40.1. The Bertz CT molecular complexity index is 280. The smallest absolute Gasteiger partial charge is 0.389 e. The number of hydrogen-bond donors (Lipinski definition) is 0. The molecule has 0 aliphatic rings. The first-order chi connectivity index (χ1) is 8.45. The standard InChI is InChI=1S/C13H19F3O2/c1-2-18-12(17)10-8-6-4-3-5-7-9-11-13(14,15)16/h4,6,8,10H,2-3,5,7,9,11H2,1H3/b6-4+,10-8+. The van der Waals surface area contributed by atoms with Crippen LogP contribution in [0.5, 0.6) is 0 Å². The van der Waals surface area contributed by atoms with E-state index in [-0.39, 0.29) is 6.42 Å². The van der Waals surface area contributed by atoms with Gasteiger partial charge < -0.3 is 4.74 Å². The molecule has 5 heteroatoms. The van der Waals surface area contributed by atoms with Gasteiger partial charge in [-0.1, -0.05) is 24.6 Å². The Morgan fingerprint density at radius 3 is 2.50 bits per heavy atom. The van der Waals surface area contributed by atoms with Crippen LogP contribution in [0.4, 0.5) is 13.2 Å². The van der Waals surface area contributed by atoms with E-state index in [1.807, 2.05) is 6.08 Å². The Kier molecular flexibility index (Phi) is 9.06. The fourth-order valence-corrected chi connectivity index (χ4v) is 1.26. The van der Waals surface area contributed by atoms with Gasteiger partial charge in [0.1, 0.15) is 0 Å². The summed E-state index contributed by atoms with van der Waals surface area (Å²) in [4.78, 5) is 10.9. The van der Waals surface area contributed by atoms with Crippen molar-refractivity contribution < 1.29 is 22.7 Å². The molecule has 0 fully saturated rings. The number of halogens is 3. The largest absolute Gasteiger partial charge is 0.463 e. The quantitative estimate of drug-likeness (QED) is 0.284. The van der Waals surface area contributed by atoms with Crippen molar-refractivity contribution in [2.24, 2.45) is 0 Å². The molecule has 0 N–H and O–H groups in total. The molecule has 0 saturated heterocycles. The highest BCUT2D eigenvalue weighted by atomic mass is 19.4. The second-order valence-corrected chi connectivity index (χ2v) is 3.75. The lowest BCUT2D eigenvalue weighted by Gasteiger charge is -2.04. The topological polar surface area (TPSA) is 26.3 Å². The Morgan fingerprint density at radius 1 is 1.17 bits per heavy atom. The van der Waals surface area contributed by atoms with Crippen LogP contribution in [0.3, 0.4) is 0 Å². The number of esters is 1. The van der Waals surface area contributed by atoms with E-state index in [1.165, 1.54) is 6.08 Å². The van der Waals surface area contributed by atoms with Crippen LogP contribution < -0.4 is 0 Å². The summed E-state index contributed by atoms with van der Waals surface area (Å²) in [7, 11) is 0. The third kappa shape index (κ3) is 12.8. The van der Waals surface area contributed by atoms with Crippen LogP contribution in [0, 0.1) is 0 Å². The molecule has 0 rings (SSSR count). The highest BCUT2D eigenvalue weighted by Crippen LogP contribution is 2.22. The number of allylic oxidation sites excluding steroid dienone is 3. The Labute approximate surface area is 106 Å². The Morgan fingerprint density at radius 2 is 1.89 bits per heavy atom. The lowest BCUT2D eigenvalue weighted by molar-refractivity contribution is -0.137. The Balaban J connectivity index is 3.46. The van der Waals surface area contributed by atoms with Crippen molar-refractivity contribution in [1.29, 1.82) is 0 Å². The molecular formula is C13H19F3O2. The van der Waals surface area contributed by atoms with Crippen LogP contribution in [0.1, 0.15) is 39.0 Å². The van der Waals surface area contributed by atoms with E-state index in [2.05, 4.69) is 4.74 Å². The van der Waals surface area contributed by atoms with Gasteiger partial charge >= 0.3 is 12.1 Å². The van der Waals surface area contributed by atoms with Crippen LogP contribution in [0.2, 0.25) is 0 Å². The summed E-state index contributed by atoms with van der Waals surface area (Å²) in [5, 5.41) is 0. The van der Waals surface area contributed by atoms with Crippen molar-refractivity contribution in [2.45, 2.75) is 45.2 Å². The minimum Gasteiger partial charge on any atom is -0.463 e. The molecule has 0 amide bonds. The second kappa shape index (κ2) is 9.74. The van der Waals surface area contributed by atoms with Gasteiger partial charge in [0, 0.05) is 12.5 Å². The molecule has 18 heavy (non-hydrogen) atoms. The van der Waals surface area contributed by atoms with Crippen LogP contribution in [0.25, 0.3) is 0 Å². The third-order valence-electron chi connectivity index (χ3n) is 2.10. The lowest BCUT2D eigenvalue weighted by Crippen LogP contribution is -2.06. The van der Waals surface area contributed by atoms with Gasteiger partial charge in [-0.2, -0.15) is 13.2 Å². The van der Waals surface area contributed by atoms with E-state index >= 15 is 0 Å². The van der Waals surface area contributed by atoms with Crippen LogP contribution in [-0.2, 0) is 9.53 Å². The zero-order valence-corrected chi connectivity index (χ0v) is 10.5. The van der Waals surface area contributed by atoms with Crippen molar-refractivity contribution in [3.63, 3.8) is 0 Å². The van der Waals surface area contributed by atoms with Crippen molar-refractivity contribution in [3.8, 4) is 0 Å². The molecule has 0 aromatic carbocycles. The van der Waals surface area contributed by atoms with Gasteiger partial charge in [0.15, 0.2) is 0 Å². The summed E-state index contributed by atoms with van der Waals surface area (Å²) in [5.74, 6) is -0.396. The molecule has 0 bridgehead atoms. The molecule has 0 spiro atoms. The lowest BCUT2D eigenvalue weighted by atomic mass is 10.1. The van der Waals surface area contributed by atoms with E-state index in [9.17, 15) is 18.0 Å². The SMILES string of the molecule is CCOC(=O)/C=C/C=C/CCCCCC(F)(F)F. The molecule has 0 radical (unpaired) electrons. The predicted molar refractivity (Wildman–Crippen MR) is 64.1 cm³/mol. The maximum absolute atomic E-state index is 11.8. The number of ether oxygens (including phenoxy) is 1.